The summed E-state index contributed by atoms with van der Waals surface area (Å²) in [6.45, 7) is 2.57. The summed E-state index contributed by atoms with van der Waals surface area (Å²) >= 11 is 28.8. The van der Waals surface area contributed by atoms with Crippen LogP contribution in [0.25, 0.3) is 90.9 Å². The Kier molecular flexibility index (Phi) is 17.3. The molecule has 2 unspecified atom stereocenters. The van der Waals surface area contributed by atoms with Crippen molar-refractivity contribution in [2.75, 3.05) is 26.4 Å². The summed E-state index contributed by atoms with van der Waals surface area (Å²) in [4.78, 5) is 18.7. The van der Waals surface area contributed by atoms with Crippen LogP contribution >= 0.6 is 46.4 Å². The number of nitrogens with one attached hydrogen (secondary N) is 2. The van der Waals surface area contributed by atoms with Crippen molar-refractivity contribution in [1.29, 1.82) is 0 Å². The molecule has 21 rings (SSSR count). The van der Waals surface area contributed by atoms with Gasteiger partial charge >= 0.3 is 0 Å². The molecule has 11 aliphatic rings. The van der Waals surface area contributed by atoms with Gasteiger partial charge in [0.2, 0.25) is 0 Å². The topological polar surface area (TPSA) is 94.3 Å². The summed E-state index contributed by atoms with van der Waals surface area (Å²) in [6.07, 6.45) is 20.9. The Hall–Kier alpha value is -8.50. The third-order valence-corrected chi connectivity index (χ3v) is 19.8. The number of rotatable bonds is 2. The quantitative estimate of drug-likeness (QED) is 0.179. The van der Waals surface area contributed by atoms with E-state index in [-0.39, 0.29) is 11.8 Å². The molecule has 3 aliphatic carbocycles. The second-order valence-electron chi connectivity index (χ2n) is 24.5. The molecule has 22 bridgehead atoms. The molecule has 0 saturated carbocycles. The first-order valence-corrected chi connectivity index (χ1v) is 33.9. The van der Waals surface area contributed by atoms with Gasteiger partial charge in [0, 0.05) is 67.3 Å². The lowest BCUT2D eigenvalue weighted by Gasteiger charge is -2.42. The highest BCUT2D eigenvalue weighted by molar-refractivity contribution is 6.40. The van der Waals surface area contributed by atoms with Crippen LogP contribution < -0.4 is 18.9 Å². The van der Waals surface area contributed by atoms with Crippen molar-refractivity contribution in [3.63, 3.8) is 0 Å². The lowest BCUT2D eigenvalue weighted by Crippen LogP contribution is -2.27. The van der Waals surface area contributed by atoms with E-state index in [2.05, 4.69) is 131 Å². The fraction of sp³-hybridized carbons (Fsp3) is 0.225. The monoisotopic (exact) mass is 1290 g/mol. The van der Waals surface area contributed by atoms with Crippen molar-refractivity contribution >= 4 is 92.8 Å². The van der Waals surface area contributed by atoms with Crippen LogP contribution in [0.4, 0.5) is 0 Å². The average Bonchev–Trinajstić information content (AvgIpc) is 0.901. The van der Waals surface area contributed by atoms with Gasteiger partial charge in [-0.05, 0) is 192 Å². The molecule has 92 heavy (non-hydrogen) atoms. The van der Waals surface area contributed by atoms with Gasteiger partial charge in [0.25, 0.3) is 0 Å². The Morgan fingerprint density at radius 1 is 0.283 bits per heavy atom. The van der Waals surface area contributed by atoms with Crippen molar-refractivity contribution in [3.05, 3.63) is 246 Å². The normalized spacial score (nSPS) is 16.7. The highest BCUT2D eigenvalue weighted by Crippen LogP contribution is 2.57. The summed E-state index contributed by atoms with van der Waals surface area (Å²) in [6, 6.07) is 58.6. The van der Waals surface area contributed by atoms with E-state index in [0.717, 1.165) is 167 Å². The van der Waals surface area contributed by atoms with Crippen LogP contribution in [-0.2, 0) is 0 Å². The molecule has 11 heterocycles. The lowest BCUT2D eigenvalue weighted by molar-refractivity contribution is 0.296. The molecule has 8 aliphatic heterocycles. The van der Waals surface area contributed by atoms with Gasteiger partial charge in [-0.2, -0.15) is 0 Å². The minimum Gasteiger partial charge on any atom is -0.494 e. The first-order chi connectivity index (χ1) is 45.3. The predicted molar refractivity (Wildman–Crippen MR) is 379 cm³/mol. The molecule has 8 nitrogen and oxygen atoms in total. The van der Waals surface area contributed by atoms with Gasteiger partial charge in [-0.25, -0.2) is 9.97 Å². The van der Waals surface area contributed by atoms with Crippen molar-refractivity contribution in [3.8, 4) is 67.5 Å². The standard InChI is InChI=1S/C80H68Cl4N4O4/c81-61-25-17-26-62(82)77(61)79-69-37-33-65(85-69)73-49-19-15-21-51(45-49)89-41-11-5-1-3-7-13-43-91-53-29-31-57-59(47-53)75-55-23-9-10-24-56(55)76(57)60-48-54(30-32-58(60)75)92-44-14-8-4-2-6-12-42-90-52-22-16-20-50(46-52)74(67-35-39-71(79)87-67)68-36-40-72(88-68)80(70-38-34-66(73)86-70)78-63(83)27-18-28-64(78)84/h9-10,15-40,45-48,75-76,85,88H,1-8,11-14,41-44H2. The fourth-order valence-corrected chi connectivity index (χ4v) is 15.4. The van der Waals surface area contributed by atoms with Crippen molar-refractivity contribution in [2.24, 2.45) is 0 Å². The van der Waals surface area contributed by atoms with Crippen LogP contribution in [0.3, 0.4) is 0 Å². The number of aromatic amines is 2. The largest absolute Gasteiger partial charge is 0.494 e. The summed E-state index contributed by atoms with van der Waals surface area (Å²) in [7, 11) is 0. The molecule has 12 heteroatoms. The summed E-state index contributed by atoms with van der Waals surface area (Å²) in [5.74, 6) is 3.78. The maximum absolute atomic E-state index is 7.19. The SMILES string of the molecule is Clc1cccc(Cl)c1-c1c2nc(c3c4ccc([nH]4)c(-c4c(Cl)cccc4Cl)c4nc(c(c5ccc1[nH]5)-c1cccc(c1)OCCCCCCCCOc1ccc5c(c1)C1c6ccccc6C5c5cc(ccc51)OCCCCCCCCOc1cccc-3c1)C=C4)C=C2. The van der Waals surface area contributed by atoms with Gasteiger partial charge in [0.1, 0.15) is 23.0 Å². The number of ether oxygens (including phenoxy) is 4. The van der Waals surface area contributed by atoms with Crippen LogP contribution in [0.15, 0.2) is 170 Å². The zero-order valence-corrected chi connectivity index (χ0v) is 54.0. The number of hydrogen-bond donors (Lipinski definition) is 2. The zero-order chi connectivity index (χ0) is 62.1. The van der Waals surface area contributed by atoms with E-state index < -0.39 is 0 Å². The first kappa shape index (κ1) is 59.8. The Morgan fingerprint density at radius 3 is 0.978 bits per heavy atom. The minimum atomic E-state index is 0.169. The molecule has 460 valence electrons. The number of halogens is 4. The van der Waals surface area contributed by atoms with Crippen LogP contribution in [0.5, 0.6) is 23.0 Å². The Bertz CT molecular complexity index is 4380. The molecule has 0 spiro atoms. The number of hydrogen-bond acceptors (Lipinski definition) is 6. The van der Waals surface area contributed by atoms with Gasteiger partial charge < -0.3 is 28.9 Å². The molecule has 2 atom stereocenters. The van der Waals surface area contributed by atoms with Crippen LogP contribution in [-0.4, -0.2) is 46.4 Å². The van der Waals surface area contributed by atoms with Crippen LogP contribution in [0.2, 0.25) is 20.1 Å². The molecular formula is C80H68Cl4N4O4. The van der Waals surface area contributed by atoms with Crippen LogP contribution in [0.1, 0.15) is 145 Å². The molecule has 7 aromatic carbocycles. The van der Waals surface area contributed by atoms with Gasteiger partial charge in [-0.3, -0.25) is 0 Å². The van der Waals surface area contributed by atoms with Crippen molar-refractivity contribution < 1.29 is 18.9 Å². The average molecular weight is 1290 g/mol. The van der Waals surface area contributed by atoms with E-state index in [1.807, 2.05) is 72.8 Å². The number of benzene rings is 7. The molecule has 0 saturated heterocycles. The molecule has 0 radical (unpaired) electrons. The van der Waals surface area contributed by atoms with E-state index in [9.17, 15) is 0 Å². The molecule has 10 aromatic rings. The van der Waals surface area contributed by atoms with E-state index in [0.29, 0.717) is 69.0 Å². The molecule has 2 N–H and O–H groups in total. The van der Waals surface area contributed by atoms with E-state index in [1.54, 1.807) is 0 Å². The van der Waals surface area contributed by atoms with Gasteiger partial charge in [-0.1, -0.05) is 171 Å². The van der Waals surface area contributed by atoms with Gasteiger partial charge in [-0.15, -0.1) is 0 Å². The maximum atomic E-state index is 7.19. The first-order valence-electron chi connectivity index (χ1n) is 32.4. The highest BCUT2D eigenvalue weighted by atomic mass is 35.5. The number of nitrogens with zero attached hydrogens (tertiary/aromatic N) is 2. The lowest BCUT2D eigenvalue weighted by atomic mass is 9.61. The number of H-pyrrole nitrogens is 2. The summed E-state index contributed by atoms with van der Waals surface area (Å²) < 4.78 is 26.1. The van der Waals surface area contributed by atoms with Crippen LogP contribution in [0, 0.1) is 0 Å². The van der Waals surface area contributed by atoms with E-state index in [4.69, 9.17) is 75.3 Å². The fourth-order valence-electron chi connectivity index (χ4n) is 14.2. The van der Waals surface area contributed by atoms with E-state index in [1.165, 1.54) is 33.4 Å². The zero-order valence-electron chi connectivity index (χ0n) is 51.0. The smallest absolute Gasteiger partial charge is 0.119 e. The molecular weight excluding hydrogens is 1220 g/mol. The highest BCUT2D eigenvalue weighted by Gasteiger charge is 2.41. The summed E-state index contributed by atoms with van der Waals surface area (Å²) in [5.41, 5.74) is 20.6. The molecule has 0 amide bonds. The predicted octanol–water partition coefficient (Wildman–Crippen LogP) is 22.8. The van der Waals surface area contributed by atoms with Crippen molar-refractivity contribution in [1.82, 2.24) is 19.9 Å². The second-order valence-corrected chi connectivity index (χ2v) is 26.1. The second kappa shape index (κ2) is 26.6. The third kappa shape index (κ3) is 11.9. The van der Waals surface area contributed by atoms with Gasteiger partial charge in [0.05, 0.1) is 69.3 Å². The number of aromatic nitrogens is 4. The van der Waals surface area contributed by atoms with E-state index >= 15 is 0 Å². The Morgan fingerprint density at radius 2 is 0.598 bits per heavy atom. The minimum absolute atomic E-state index is 0.169. The van der Waals surface area contributed by atoms with Gasteiger partial charge in [0.15, 0.2) is 0 Å². The molecule has 3 aromatic heterocycles. The Balaban J connectivity index is 0.781. The molecule has 0 fully saturated rings. The third-order valence-electron chi connectivity index (χ3n) is 18.6. The maximum Gasteiger partial charge on any atom is 0.119 e. The van der Waals surface area contributed by atoms with Crippen molar-refractivity contribution in [2.45, 2.75) is 88.9 Å². The Labute approximate surface area is 556 Å². The summed E-state index contributed by atoms with van der Waals surface area (Å²) in [5, 5.41) is 1.99.